The third-order valence-corrected chi connectivity index (χ3v) is 5.93. The molecule has 0 N–H and O–H groups in total. The van der Waals surface area contributed by atoms with Crippen LogP contribution in [0.2, 0.25) is 0 Å². The molecule has 132 valence electrons. The van der Waals surface area contributed by atoms with Crippen LogP contribution >= 0.6 is 0 Å². The fourth-order valence-electron chi connectivity index (χ4n) is 5.40. The highest BCUT2D eigenvalue weighted by molar-refractivity contribution is 5.63. The van der Waals surface area contributed by atoms with Gasteiger partial charge in [0.2, 0.25) is 0 Å². The molecule has 2 nitrogen and oxygen atoms in total. The normalized spacial score (nSPS) is 25.2. The Labute approximate surface area is 143 Å². The van der Waals surface area contributed by atoms with Gasteiger partial charge in [0.05, 0.1) is 5.69 Å². The van der Waals surface area contributed by atoms with Crippen molar-refractivity contribution in [2.45, 2.75) is 58.5 Å². The Hall–Kier alpha value is -1.45. The molecule has 0 spiro atoms. The summed E-state index contributed by atoms with van der Waals surface area (Å²) in [6.45, 7) is 9.68. The zero-order chi connectivity index (χ0) is 17.8. The third-order valence-electron chi connectivity index (χ3n) is 5.93. The highest BCUT2D eigenvalue weighted by Crippen LogP contribution is 2.64. The second-order valence-corrected chi connectivity index (χ2v) is 8.94. The summed E-state index contributed by atoms with van der Waals surface area (Å²) >= 11 is 0. The molecule has 3 rings (SSSR count). The van der Waals surface area contributed by atoms with Gasteiger partial charge in [0.15, 0.2) is 12.0 Å². The van der Waals surface area contributed by atoms with Crippen LogP contribution in [-0.4, -0.2) is 25.0 Å². The van der Waals surface area contributed by atoms with Gasteiger partial charge in [-0.15, -0.1) is 0 Å². The molecule has 0 radical (unpaired) electrons. The first-order valence-electron chi connectivity index (χ1n) is 8.78. The molecule has 0 unspecified atom stereocenters. The average Bonchev–Trinajstić information content (AvgIpc) is 2.47. The lowest BCUT2D eigenvalue weighted by Gasteiger charge is -2.58. The maximum Gasteiger partial charge on any atom is 0.169 e. The summed E-state index contributed by atoms with van der Waals surface area (Å²) in [5, 5.41) is 0. The summed E-state index contributed by atoms with van der Waals surface area (Å²) in [5.74, 6) is 0.0897. The molecular formula is C20H27F2NO. The molecule has 1 saturated heterocycles. The number of nitrogens with zero attached hydrogens (tertiary/aromatic N) is 1. The first kappa shape index (κ1) is 17.4. The zero-order valence-electron chi connectivity index (χ0n) is 15.0. The van der Waals surface area contributed by atoms with Crippen molar-refractivity contribution in [1.29, 1.82) is 0 Å². The number of hydrogen-bond acceptors (Lipinski definition) is 2. The van der Waals surface area contributed by atoms with E-state index in [4.69, 9.17) is 0 Å². The topological polar surface area (TPSA) is 20.3 Å². The van der Waals surface area contributed by atoms with Gasteiger partial charge in [-0.3, -0.25) is 4.79 Å². The van der Waals surface area contributed by atoms with Gasteiger partial charge in [0.25, 0.3) is 0 Å². The van der Waals surface area contributed by atoms with E-state index in [1.807, 2.05) is 17.0 Å². The van der Waals surface area contributed by atoms with E-state index in [9.17, 15) is 13.6 Å². The number of carbonyl (C=O) groups is 1. The number of benzene rings is 1. The molecule has 0 amide bonds. The van der Waals surface area contributed by atoms with E-state index in [2.05, 4.69) is 27.7 Å². The van der Waals surface area contributed by atoms with Crippen LogP contribution in [0.4, 0.5) is 14.5 Å². The molecule has 2 fully saturated rings. The fraction of sp³-hybridized carbons (Fsp3) is 0.650. The second-order valence-electron chi connectivity index (χ2n) is 8.94. The Morgan fingerprint density at radius 1 is 1.12 bits per heavy atom. The van der Waals surface area contributed by atoms with E-state index in [0.717, 1.165) is 12.0 Å². The van der Waals surface area contributed by atoms with E-state index in [1.165, 1.54) is 0 Å². The summed E-state index contributed by atoms with van der Waals surface area (Å²) in [4.78, 5) is 12.6. The van der Waals surface area contributed by atoms with Crippen molar-refractivity contribution in [3.05, 3.63) is 29.6 Å². The van der Waals surface area contributed by atoms with E-state index in [0.29, 0.717) is 31.0 Å². The molecule has 1 aromatic carbocycles. The maximum absolute atomic E-state index is 14.7. The SMILES string of the molecule is CC1(C)CC(C)(C)C1c1ccc(N2CCC(F)(C=O)CC2)c(F)c1. The largest absolute Gasteiger partial charge is 0.369 e. The van der Waals surface area contributed by atoms with Gasteiger partial charge in [-0.25, -0.2) is 8.78 Å². The first-order valence-corrected chi connectivity index (χ1v) is 8.78. The van der Waals surface area contributed by atoms with Crippen molar-refractivity contribution < 1.29 is 13.6 Å². The average molecular weight is 335 g/mol. The van der Waals surface area contributed by atoms with Crippen LogP contribution in [0.5, 0.6) is 0 Å². The highest BCUT2D eigenvalue weighted by Gasteiger charge is 2.53. The van der Waals surface area contributed by atoms with Gasteiger partial charge in [-0.1, -0.05) is 33.8 Å². The number of halogens is 2. The van der Waals surface area contributed by atoms with Crippen LogP contribution < -0.4 is 4.90 Å². The molecule has 0 atom stereocenters. The molecule has 1 aliphatic carbocycles. The van der Waals surface area contributed by atoms with Crippen LogP contribution in [0, 0.1) is 16.6 Å². The van der Waals surface area contributed by atoms with Crippen LogP contribution in [0.15, 0.2) is 18.2 Å². The maximum atomic E-state index is 14.7. The van der Waals surface area contributed by atoms with E-state index in [-0.39, 0.29) is 29.5 Å². The number of piperidine rings is 1. The second kappa shape index (κ2) is 5.53. The van der Waals surface area contributed by atoms with Crippen molar-refractivity contribution in [3.63, 3.8) is 0 Å². The highest BCUT2D eigenvalue weighted by atomic mass is 19.1. The molecule has 24 heavy (non-hydrogen) atoms. The Balaban J connectivity index is 1.80. The summed E-state index contributed by atoms with van der Waals surface area (Å²) in [5.41, 5.74) is 0.178. The van der Waals surface area contributed by atoms with E-state index >= 15 is 0 Å². The molecule has 0 bridgehead atoms. The summed E-state index contributed by atoms with van der Waals surface area (Å²) < 4.78 is 28.7. The third kappa shape index (κ3) is 2.84. The minimum atomic E-state index is -1.74. The molecule has 0 aromatic heterocycles. The van der Waals surface area contributed by atoms with Gasteiger partial charge < -0.3 is 4.90 Å². The van der Waals surface area contributed by atoms with Crippen LogP contribution in [0.1, 0.15) is 58.4 Å². The first-order chi connectivity index (χ1) is 11.1. The number of carbonyl (C=O) groups excluding carboxylic acids is 1. The minimum absolute atomic E-state index is 0.125. The molecular weight excluding hydrogens is 308 g/mol. The lowest BCUT2D eigenvalue weighted by atomic mass is 9.46. The monoisotopic (exact) mass is 335 g/mol. The fourth-order valence-corrected chi connectivity index (χ4v) is 5.40. The lowest BCUT2D eigenvalue weighted by molar-refractivity contribution is -0.119. The minimum Gasteiger partial charge on any atom is -0.369 e. The number of rotatable bonds is 3. The van der Waals surface area contributed by atoms with Gasteiger partial charge in [-0.2, -0.15) is 0 Å². The number of alkyl halides is 1. The van der Waals surface area contributed by atoms with E-state index < -0.39 is 5.67 Å². The van der Waals surface area contributed by atoms with Crippen molar-refractivity contribution in [2.24, 2.45) is 10.8 Å². The van der Waals surface area contributed by atoms with Crippen LogP contribution in [0.25, 0.3) is 0 Å². The Morgan fingerprint density at radius 2 is 1.71 bits per heavy atom. The van der Waals surface area contributed by atoms with Crippen molar-refractivity contribution >= 4 is 12.0 Å². The van der Waals surface area contributed by atoms with Gasteiger partial charge in [0, 0.05) is 25.9 Å². The molecule has 4 heteroatoms. The number of hydrogen-bond donors (Lipinski definition) is 0. The standard InChI is InChI=1S/C20H27F2NO/c1-18(2)12-19(3,4)17(18)14-5-6-16(15(21)11-14)23-9-7-20(22,13-24)8-10-23/h5-6,11,13,17H,7-10,12H2,1-4H3. The Morgan fingerprint density at radius 3 is 2.17 bits per heavy atom. The van der Waals surface area contributed by atoms with Crippen molar-refractivity contribution in [1.82, 2.24) is 0 Å². The number of aldehydes is 1. The van der Waals surface area contributed by atoms with E-state index in [1.54, 1.807) is 6.07 Å². The van der Waals surface area contributed by atoms with Crippen molar-refractivity contribution in [2.75, 3.05) is 18.0 Å². The van der Waals surface area contributed by atoms with Crippen molar-refractivity contribution in [3.8, 4) is 0 Å². The smallest absolute Gasteiger partial charge is 0.169 e. The predicted octanol–water partition coefficient (Wildman–Crippen LogP) is 4.87. The summed E-state index contributed by atoms with van der Waals surface area (Å²) in [6.07, 6.45) is 1.77. The van der Waals surface area contributed by atoms with Crippen LogP contribution in [0.3, 0.4) is 0 Å². The molecule has 1 aromatic rings. The molecule has 1 heterocycles. The summed E-state index contributed by atoms with van der Waals surface area (Å²) in [6, 6.07) is 5.49. The summed E-state index contributed by atoms with van der Waals surface area (Å²) in [7, 11) is 0. The van der Waals surface area contributed by atoms with Gasteiger partial charge in [-0.05, 0) is 40.9 Å². The number of anilines is 1. The quantitative estimate of drug-likeness (QED) is 0.734. The lowest BCUT2D eigenvalue weighted by Crippen LogP contribution is -2.48. The molecule has 1 aliphatic heterocycles. The Bertz CT molecular complexity index is 631. The molecule has 1 saturated carbocycles. The Kier molecular flexibility index (Phi) is 4.01. The zero-order valence-corrected chi connectivity index (χ0v) is 15.0. The molecule has 2 aliphatic rings. The van der Waals surface area contributed by atoms with Gasteiger partial charge in [0.1, 0.15) is 5.82 Å². The predicted molar refractivity (Wildman–Crippen MR) is 92.7 cm³/mol. The van der Waals surface area contributed by atoms with Gasteiger partial charge >= 0.3 is 0 Å². The van der Waals surface area contributed by atoms with Crippen LogP contribution in [-0.2, 0) is 4.79 Å².